The number of aromatic hydroxyl groups is 1. The molecule has 0 unspecified atom stereocenters. The molecule has 1 aromatic rings. The molecule has 0 aliphatic rings. The second-order valence-electron chi connectivity index (χ2n) is 5.40. The lowest BCUT2D eigenvalue weighted by Gasteiger charge is -2.35. The van der Waals surface area contributed by atoms with Crippen LogP contribution in [0.1, 0.15) is 36.7 Å². The van der Waals surface area contributed by atoms with Crippen LogP contribution in [0.5, 0.6) is 5.75 Å². The van der Waals surface area contributed by atoms with Gasteiger partial charge in [-0.15, -0.1) is 6.58 Å². The average molecular weight is 247 g/mol. The van der Waals surface area contributed by atoms with Gasteiger partial charge in [0, 0.05) is 12.1 Å². The topological polar surface area (TPSA) is 40.5 Å². The predicted octanol–water partition coefficient (Wildman–Crippen LogP) is 3.13. The number of carbonyl (C=O) groups excluding carboxylic acids is 1. The molecule has 1 N–H and O–H groups in total. The van der Waals surface area contributed by atoms with Crippen LogP contribution < -0.4 is 0 Å². The molecule has 0 fully saturated rings. The van der Waals surface area contributed by atoms with Crippen LogP contribution in [0.15, 0.2) is 30.9 Å². The van der Waals surface area contributed by atoms with E-state index in [0.29, 0.717) is 12.1 Å². The third-order valence-corrected chi connectivity index (χ3v) is 2.75. The van der Waals surface area contributed by atoms with E-state index in [2.05, 4.69) is 6.58 Å². The first-order chi connectivity index (χ1) is 8.27. The van der Waals surface area contributed by atoms with E-state index in [0.717, 1.165) is 5.56 Å². The van der Waals surface area contributed by atoms with Crippen LogP contribution in [0, 0.1) is 6.92 Å². The van der Waals surface area contributed by atoms with Crippen molar-refractivity contribution in [3.63, 3.8) is 0 Å². The van der Waals surface area contributed by atoms with E-state index >= 15 is 0 Å². The van der Waals surface area contributed by atoms with Gasteiger partial charge in [0.05, 0.1) is 5.56 Å². The third kappa shape index (κ3) is 3.13. The van der Waals surface area contributed by atoms with Crippen molar-refractivity contribution in [1.82, 2.24) is 4.90 Å². The average Bonchev–Trinajstić information content (AvgIpc) is 2.27. The van der Waals surface area contributed by atoms with Crippen molar-refractivity contribution in [3.8, 4) is 5.75 Å². The van der Waals surface area contributed by atoms with E-state index in [9.17, 15) is 9.90 Å². The molecule has 0 aliphatic carbocycles. The maximum Gasteiger partial charge on any atom is 0.258 e. The van der Waals surface area contributed by atoms with Crippen molar-refractivity contribution in [1.29, 1.82) is 0 Å². The number of phenolic OH excluding ortho intramolecular Hbond substituents is 1. The van der Waals surface area contributed by atoms with Crippen LogP contribution in [0.4, 0.5) is 0 Å². The Kier molecular flexibility index (Phi) is 4.17. The van der Waals surface area contributed by atoms with Crippen LogP contribution in [0.2, 0.25) is 0 Å². The molecular formula is C15H21NO2. The highest BCUT2D eigenvalue weighted by molar-refractivity contribution is 5.97. The summed E-state index contributed by atoms with van der Waals surface area (Å²) in [4.78, 5) is 14.2. The molecule has 0 heterocycles. The highest BCUT2D eigenvalue weighted by atomic mass is 16.3. The van der Waals surface area contributed by atoms with Gasteiger partial charge in [0.25, 0.3) is 5.91 Å². The van der Waals surface area contributed by atoms with Crippen molar-refractivity contribution in [2.24, 2.45) is 0 Å². The predicted molar refractivity (Wildman–Crippen MR) is 73.8 cm³/mol. The summed E-state index contributed by atoms with van der Waals surface area (Å²) < 4.78 is 0. The number of nitrogens with zero attached hydrogens (tertiary/aromatic N) is 1. The van der Waals surface area contributed by atoms with Crippen molar-refractivity contribution in [2.75, 3.05) is 6.54 Å². The molecule has 0 aromatic heterocycles. The molecule has 0 bridgehead atoms. The molecule has 98 valence electrons. The van der Waals surface area contributed by atoms with Crippen LogP contribution >= 0.6 is 0 Å². The first-order valence-corrected chi connectivity index (χ1v) is 6.00. The quantitative estimate of drug-likeness (QED) is 0.834. The molecule has 0 saturated carbocycles. The zero-order valence-electron chi connectivity index (χ0n) is 11.5. The van der Waals surface area contributed by atoms with E-state index < -0.39 is 0 Å². The Labute approximate surface area is 109 Å². The Hall–Kier alpha value is -1.77. The molecule has 1 rings (SSSR count). The number of rotatable bonds is 3. The molecule has 0 aliphatic heterocycles. The lowest BCUT2D eigenvalue weighted by molar-refractivity contribution is 0.0613. The first kappa shape index (κ1) is 14.3. The van der Waals surface area contributed by atoms with Crippen LogP contribution in [0.25, 0.3) is 0 Å². The van der Waals surface area contributed by atoms with Gasteiger partial charge in [0.2, 0.25) is 0 Å². The fourth-order valence-corrected chi connectivity index (χ4v) is 1.76. The molecule has 0 radical (unpaired) electrons. The van der Waals surface area contributed by atoms with Gasteiger partial charge < -0.3 is 10.0 Å². The summed E-state index contributed by atoms with van der Waals surface area (Å²) >= 11 is 0. The van der Waals surface area contributed by atoms with Crippen molar-refractivity contribution < 1.29 is 9.90 Å². The van der Waals surface area contributed by atoms with Gasteiger partial charge in [-0.3, -0.25) is 4.79 Å². The maximum absolute atomic E-state index is 12.5. The molecule has 0 saturated heterocycles. The van der Waals surface area contributed by atoms with Crippen molar-refractivity contribution >= 4 is 5.91 Å². The van der Waals surface area contributed by atoms with Gasteiger partial charge in [-0.2, -0.15) is 0 Å². The lowest BCUT2D eigenvalue weighted by atomic mass is 10.0. The zero-order valence-corrected chi connectivity index (χ0v) is 11.5. The summed E-state index contributed by atoms with van der Waals surface area (Å²) in [6, 6.07) is 5.04. The van der Waals surface area contributed by atoms with Gasteiger partial charge in [0.15, 0.2) is 0 Å². The standard InChI is InChI=1S/C15H21NO2/c1-6-9-16(15(3,4)5)14(18)12-10-11(2)7-8-13(12)17/h6-8,10,17H,1,9H2,2-5H3. The number of benzene rings is 1. The number of aryl methyl sites for hydroxylation is 1. The highest BCUT2D eigenvalue weighted by Crippen LogP contribution is 2.24. The number of amides is 1. The minimum Gasteiger partial charge on any atom is -0.507 e. The van der Waals surface area contributed by atoms with E-state index in [-0.39, 0.29) is 17.2 Å². The fraction of sp³-hybridized carbons (Fsp3) is 0.400. The molecule has 18 heavy (non-hydrogen) atoms. The van der Waals surface area contributed by atoms with E-state index in [4.69, 9.17) is 0 Å². The normalized spacial score (nSPS) is 11.1. The number of hydrogen-bond acceptors (Lipinski definition) is 2. The van der Waals surface area contributed by atoms with E-state index in [1.54, 1.807) is 29.2 Å². The number of carbonyl (C=O) groups is 1. The second kappa shape index (κ2) is 5.25. The Balaban J connectivity index is 3.17. The highest BCUT2D eigenvalue weighted by Gasteiger charge is 2.27. The Morgan fingerprint density at radius 2 is 2.06 bits per heavy atom. The fourth-order valence-electron chi connectivity index (χ4n) is 1.76. The van der Waals surface area contributed by atoms with Crippen molar-refractivity contribution in [3.05, 3.63) is 42.0 Å². The van der Waals surface area contributed by atoms with E-state index in [1.807, 2.05) is 27.7 Å². The van der Waals surface area contributed by atoms with Crippen molar-refractivity contribution in [2.45, 2.75) is 33.2 Å². The summed E-state index contributed by atoms with van der Waals surface area (Å²) in [5.41, 5.74) is 0.969. The lowest BCUT2D eigenvalue weighted by Crippen LogP contribution is -2.45. The Morgan fingerprint density at radius 1 is 1.44 bits per heavy atom. The molecule has 3 nitrogen and oxygen atoms in total. The van der Waals surface area contributed by atoms with Crippen LogP contribution in [0.3, 0.4) is 0 Å². The monoisotopic (exact) mass is 247 g/mol. The summed E-state index contributed by atoms with van der Waals surface area (Å²) in [5.74, 6) is -0.160. The summed E-state index contributed by atoms with van der Waals surface area (Å²) in [7, 11) is 0. The largest absolute Gasteiger partial charge is 0.507 e. The van der Waals surface area contributed by atoms with Gasteiger partial charge in [0.1, 0.15) is 5.75 Å². The van der Waals surface area contributed by atoms with Gasteiger partial charge in [-0.1, -0.05) is 17.7 Å². The molecule has 3 heteroatoms. The smallest absolute Gasteiger partial charge is 0.258 e. The Morgan fingerprint density at radius 3 is 2.56 bits per heavy atom. The zero-order chi connectivity index (χ0) is 13.9. The first-order valence-electron chi connectivity index (χ1n) is 6.00. The second-order valence-corrected chi connectivity index (χ2v) is 5.40. The molecular weight excluding hydrogens is 226 g/mol. The third-order valence-electron chi connectivity index (χ3n) is 2.75. The minimum absolute atomic E-state index is 0.0175. The molecule has 0 spiro atoms. The molecule has 0 atom stereocenters. The summed E-state index contributed by atoms with van der Waals surface area (Å²) in [5, 5.41) is 9.81. The van der Waals surface area contributed by atoms with Gasteiger partial charge >= 0.3 is 0 Å². The Bertz CT molecular complexity index is 458. The van der Waals surface area contributed by atoms with E-state index in [1.165, 1.54) is 0 Å². The van der Waals surface area contributed by atoms with Gasteiger partial charge in [-0.05, 0) is 39.8 Å². The van der Waals surface area contributed by atoms with Crippen LogP contribution in [-0.2, 0) is 0 Å². The molecule has 1 amide bonds. The SMILES string of the molecule is C=CCN(C(=O)c1cc(C)ccc1O)C(C)(C)C. The number of hydrogen-bond donors (Lipinski definition) is 1. The van der Waals surface area contributed by atoms with Crippen LogP contribution in [-0.4, -0.2) is 28.0 Å². The van der Waals surface area contributed by atoms with Gasteiger partial charge in [-0.25, -0.2) is 0 Å². The summed E-state index contributed by atoms with van der Waals surface area (Å²) in [6.07, 6.45) is 1.69. The number of phenols is 1. The minimum atomic E-state index is -0.318. The maximum atomic E-state index is 12.5. The molecule has 1 aromatic carbocycles. The summed E-state index contributed by atoms with van der Waals surface area (Å²) in [6.45, 7) is 11.9.